The van der Waals surface area contributed by atoms with Crippen LogP contribution in [0, 0.1) is 5.41 Å². The maximum absolute atomic E-state index is 13.3. The monoisotopic (exact) mass is 585 g/mol. The molecule has 1 saturated heterocycles. The van der Waals surface area contributed by atoms with Gasteiger partial charge in [0.05, 0.1) is 10.6 Å². The lowest BCUT2D eigenvalue weighted by Crippen LogP contribution is -2.52. The second kappa shape index (κ2) is 10.6. The molecule has 3 amide bonds. The number of benzene rings is 2. The number of carbonyl (C=O) groups excluding carboxylic acids is 3. The van der Waals surface area contributed by atoms with Crippen LogP contribution in [0.15, 0.2) is 42.5 Å². The van der Waals surface area contributed by atoms with E-state index in [1.165, 1.54) is 10.5 Å². The van der Waals surface area contributed by atoms with Crippen LogP contribution in [0.2, 0.25) is 5.02 Å². The van der Waals surface area contributed by atoms with Crippen LogP contribution in [0.25, 0.3) is 5.57 Å². The molecule has 216 valence electrons. The van der Waals surface area contributed by atoms with Crippen molar-refractivity contribution >= 4 is 34.9 Å². The summed E-state index contributed by atoms with van der Waals surface area (Å²) in [5.74, 6) is -1.04. The van der Waals surface area contributed by atoms with Crippen molar-refractivity contribution in [2.75, 3.05) is 13.1 Å². The second-order valence-corrected chi connectivity index (χ2v) is 12.1. The Morgan fingerprint density at radius 2 is 1.68 bits per heavy atom. The lowest BCUT2D eigenvalue weighted by atomic mass is 9.65. The average molecular weight is 586 g/mol. The molecule has 1 saturated carbocycles. The molecule has 10 heteroatoms. The lowest BCUT2D eigenvalue weighted by molar-refractivity contribution is -0.138. The number of carbonyl (C=O) groups is 3. The fourth-order valence-corrected chi connectivity index (χ4v) is 7.38. The topological polar surface area (TPSA) is 69.7 Å². The zero-order chi connectivity index (χ0) is 28.9. The van der Waals surface area contributed by atoms with Crippen LogP contribution < -0.4 is 5.32 Å². The standard InChI is InChI=1S/C31H31ClF3N3O3/c32-27-22(9-8-21-23(27)17-38(29(21)41)25-10-11-26(39)36-28(25)40)24-12-15-37(18-30(24)13-2-1-3-14-30)16-19-4-6-20(7-5-19)31(33,34)35/h4-9,12,25H,1-3,10-11,13-18H2,(H,36,39,40). The van der Waals surface area contributed by atoms with Gasteiger partial charge in [0.15, 0.2) is 0 Å². The molecular formula is C31H31ClF3N3O3. The molecular weight excluding hydrogens is 555 g/mol. The van der Waals surface area contributed by atoms with Gasteiger partial charge in [0.1, 0.15) is 6.04 Å². The van der Waals surface area contributed by atoms with Crippen molar-refractivity contribution in [3.8, 4) is 0 Å². The Kier molecular flexibility index (Phi) is 7.22. The van der Waals surface area contributed by atoms with Gasteiger partial charge >= 0.3 is 6.18 Å². The van der Waals surface area contributed by atoms with Crippen molar-refractivity contribution < 1.29 is 27.6 Å². The van der Waals surface area contributed by atoms with Crippen molar-refractivity contribution in [1.82, 2.24) is 15.1 Å². The highest BCUT2D eigenvalue weighted by atomic mass is 35.5. The number of hydrogen-bond acceptors (Lipinski definition) is 4. The molecule has 1 atom stereocenters. The lowest BCUT2D eigenvalue weighted by Gasteiger charge is -2.46. The fourth-order valence-electron chi connectivity index (χ4n) is 7.06. The van der Waals surface area contributed by atoms with Crippen molar-refractivity contribution in [2.45, 2.75) is 70.3 Å². The van der Waals surface area contributed by atoms with E-state index in [2.05, 4.69) is 16.3 Å². The summed E-state index contributed by atoms with van der Waals surface area (Å²) in [5, 5.41) is 2.86. The summed E-state index contributed by atoms with van der Waals surface area (Å²) in [7, 11) is 0. The second-order valence-electron chi connectivity index (χ2n) is 11.7. The first-order valence-corrected chi connectivity index (χ1v) is 14.5. The Morgan fingerprint density at radius 3 is 2.37 bits per heavy atom. The number of amides is 3. The number of piperidine rings is 1. The Balaban J connectivity index is 1.27. The summed E-state index contributed by atoms with van der Waals surface area (Å²) < 4.78 is 39.1. The van der Waals surface area contributed by atoms with Gasteiger partial charge in [-0.2, -0.15) is 13.2 Å². The maximum atomic E-state index is 13.3. The van der Waals surface area contributed by atoms with Crippen molar-refractivity contribution in [3.05, 3.63) is 75.3 Å². The predicted octanol–water partition coefficient (Wildman–Crippen LogP) is 5.97. The first kappa shape index (κ1) is 28.0. The summed E-state index contributed by atoms with van der Waals surface area (Å²) in [6.07, 6.45) is 3.60. The maximum Gasteiger partial charge on any atom is 0.416 e. The zero-order valence-corrected chi connectivity index (χ0v) is 23.3. The Bertz CT molecular complexity index is 1430. The molecule has 2 aromatic rings. The van der Waals surface area contributed by atoms with Gasteiger partial charge in [-0.15, -0.1) is 0 Å². The highest BCUT2D eigenvalue weighted by molar-refractivity contribution is 6.34. The SMILES string of the molecule is O=C1CCC(N2Cc3c(ccc(C4=CCN(Cc5ccc(C(F)(F)F)cc5)CC45CCCCC5)c3Cl)C2=O)C(=O)N1. The van der Waals surface area contributed by atoms with Gasteiger partial charge in [-0.05, 0) is 54.2 Å². The molecule has 0 aromatic heterocycles. The molecule has 1 aliphatic carbocycles. The van der Waals surface area contributed by atoms with Gasteiger partial charge in [0.2, 0.25) is 11.8 Å². The third-order valence-electron chi connectivity index (χ3n) is 9.09. The molecule has 2 fully saturated rings. The van der Waals surface area contributed by atoms with E-state index in [0.717, 1.165) is 61.9 Å². The first-order chi connectivity index (χ1) is 19.6. The molecule has 0 bridgehead atoms. The van der Waals surface area contributed by atoms with Crippen LogP contribution in [0.4, 0.5) is 13.2 Å². The van der Waals surface area contributed by atoms with Gasteiger partial charge in [0.25, 0.3) is 5.91 Å². The molecule has 4 aliphatic rings. The van der Waals surface area contributed by atoms with Gasteiger partial charge in [-0.3, -0.25) is 24.6 Å². The fraction of sp³-hybridized carbons (Fsp3) is 0.452. The van der Waals surface area contributed by atoms with E-state index in [4.69, 9.17) is 11.6 Å². The van der Waals surface area contributed by atoms with Gasteiger partial charge in [0, 0.05) is 49.1 Å². The molecule has 1 unspecified atom stereocenters. The van der Waals surface area contributed by atoms with Crippen molar-refractivity contribution in [3.63, 3.8) is 0 Å². The minimum absolute atomic E-state index is 0.147. The molecule has 6 rings (SSSR count). The van der Waals surface area contributed by atoms with E-state index in [1.807, 2.05) is 6.07 Å². The Hall–Kier alpha value is -3.17. The molecule has 2 aromatic carbocycles. The smallest absolute Gasteiger partial charge is 0.322 e. The molecule has 6 nitrogen and oxygen atoms in total. The third-order valence-corrected chi connectivity index (χ3v) is 9.52. The molecule has 3 aliphatic heterocycles. The number of hydrogen-bond donors (Lipinski definition) is 1. The molecule has 1 N–H and O–H groups in total. The summed E-state index contributed by atoms with van der Waals surface area (Å²) in [4.78, 5) is 41.2. The van der Waals surface area contributed by atoms with E-state index < -0.39 is 23.7 Å². The summed E-state index contributed by atoms with van der Waals surface area (Å²) in [6.45, 7) is 2.17. The van der Waals surface area contributed by atoms with Crippen LogP contribution in [0.5, 0.6) is 0 Å². The molecule has 41 heavy (non-hydrogen) atoms. The van der Waals surface area contributed by atoms with Crippen LogP contribution in [0.3, 0.4) is 0 Å². The van der Waals surface area contributed by atoms with Crippen LogP contribution >= 0.6 is 11.6 Å². The van der Waals surface area contributed by atoms with Crippen LogP contribution in [-0.4, -0.2) is 46.7 Å². The number of alkyl halides is 3. The minimum atomic E-state index is -4.36. The molecule has 0 radical (unpaired) electrons. The Labute approximate surface area is 241 Å². The molecule has 1 spiro atoms. The van der Waals surface area contributed by atoms with E-state index in [-0.39, 0.29) is 36.6 Å². The van der Waals surface area contributed by atoms with E-state index in [9.17, 15) is 27.6 Å². The van der Waals surface area contributed by atoms with Crippen LogP contribution in [0.1, 0.15) is 77.6 Å². The van der Waals surface area contributed by atoms with E-state index in [0.29, 0.717) is 29.2 Å². The van der Waals surface area contributed by atoms with E-state index in [1.54, 1.807) is 18.2 Å². The number of rotatable bonds is 4. The van der Waals surface area contributed by atoms with Crippen LogP contribution in [-0.2, 0) is 28.9 Å². The van der Waals surface area contributed by atoms with E-state index >= 15 is 0 Å². The first-order valence-electron chi connectivity index (χ1n) is 14.1. The van der Waals surface area contributed by atoms with Crippen molar-refractivity contribution in [2.24, 2.45) is 5.41 Å². The highest BCUT2D eigenvalue weighted by Crippen LogP contribution is 2.51. The predicted molar refractivity (Wildman–Crippen MR) is 148 cm³/mol. The summed E-state index contributed by atoms with van der Waals surface area (Å²) >= 11 is 7.06. The number of imide groups is 1. The average Bonchev–Trinajstić information content (AvgIpc) is 3.26. The normalized spacial score (nSPS) is 23.0. The number of halogens is 4. The number of nitrogens with one attached hydrogen (secondary N) is 1. The summed E-state index contributed by atoms with van der Waals surface area (Å²) in [5.41, 5.74) is 3.31. The molecule has 3 heterocycles. The largest absolute Gasteiger partial charge is 0.416 e. The number of nitrogens with zero attached hydrogens (tertiary/aromatic N) is 2. The third kappa shape index (κ3) is 5.18. The van der Waals surface area contributed by atoms with Gasteiger partial charge in [-0.25, -0.2) is 0 Å². The minimum Gasteiger partial charge on any atom is -0.322 e. The highest BCUT2D eigenvalue weighted by Gasteiger charge is 2.44. The summed E-state index contributed by atoms with van der Waals surface area (Å²) in [6, 6.07) is 8.40. The van der Waals surface area contributed by atoms with Gasteiger partial charge < -0.3 is 4.90 Å². The van der Waals surface area contributed by atoms with Gasteiger partial charge in [-0.1, -0.05) is 55.1 Å². The zero-order valence-electron chi connectivity index (χ0n) is 22.5. The Morgan fingerprint density at radius 1 is 0.976 bits per heavy atom. The quantitative estimate of drug-likeness (QED) is 0.449. The van der Waals surface area contributed by atoms with Crippen molar-refractivity contribution in [1.29, 1.82) is 0 Å². The number of fused-ring (bicyclic) bond motifs is 1.